The molecule has 0 aliphatic carbocycles. The number of carbonyl (C=O) groups excluding carboxylic acids is 2. The number of amides is 1. The largest absolute Gasteiger partial charge is 0.460 e. The van der Waals surface area contributed by atoms with Gasteiger partial charge >= 0.3 is 5.97 Å². The molecule has 0 spiro atoms. The van der Waals surface area contributed by atoms with Gasteiger partial charge in [0.25, 0.3) is 0 Å². The fourth-order valence-corrected chi connectivity index (χ4v) is 5.49. The van der Waals surface area contributed by atoms with Gasteiger partial charge in [0.05, 0.1) is 0 Å². The second-order valence-corrected chi connectivity index (χ2v) is 10.1. The van der Waals surface area contributed by atoms with E-state index in [4.69, 9.17) is 45.3 Å². The van der Waals surface area contributed by atoms with Crippen LogP contribution in [0.15, 0.2) is 0 Å². The number of halogens is 4. The minimum absolute atomic E-state index is 0.202. The molecule has 21 heavy (non-hydrogen) atoms. The van der Waals surface area contributed by atoms with Crippen LogP contribution < -0.4 is 5.73 Å². The van der Waals surface area contributed by atoms with Gasteiger partial charge in [0, 0.05) is 10.1 Å². The van der Waals surface area contributed by atoms with E-state index in [1.54, 1.807) is 0 Å². The Labute approximate surface area is 150 Å². The van der Waals surface area contributed by atoms with Crippen LogP contribution in [-0.4, -0.2) is 54.7 Å². The zero-order valence-electron chi connectivity index (χ0n) is 11.0. The van der Waals surface area contributed by atoms with Crippen LogP contribution in [0.1, 0.15) is 13.3 Å². The number of fused-ring (bicyclic) bond motifs is 1. The Hall–Kier alpha value is 0.600. The molecule has 120 valence electrons. The number of alkyl halides is 4. The number of rotatable bonds is 4. The van der Waals surface area contributed by atoms with Crippen molar-refractivity contribution in [3.05, 3.63) is 0 Å². The van der Waals surface area contributed by atoms with E-state index >= 15 is 0 Å². The van der Waals surface area contributed by atoms with Gasteiger partial charge in [-0.15, -0.1) is 11.8 Å². The third-order valence-corrected chi connectivity index (χ3v) is 6.01. The minimum atomic E-state index is -1.68. The van der Waals surface area contributed by atoms with E-state index in [1.807, 2.05) is 6.92 Å². The first-order chi connectivity index (χ1) is 9.60. The first-order valence-electron chi connectivity index (χ1n) is 6.15. The van der Waals surface area contributed by atoms with Crippen LogP contribution in [-0.2, 0) is 14.3 Å². The van der Waals surface area contributed by atoms with Crippen LogP contribution >= 0.6 is 62.5 Å². The van der Waals surface area contributed by atoms with Crippen LogP contribution in [0.25, 0.3) is 0 Å². The van der Waals surface area contributed by atoms with Crippen molar-refractivity contribution in [1.29, 1.82) is 0 Å². The quantitative estimate of drug-likeness (QED) is 0.412. The van der Waals surface area contributed by atoms with E-state index in [0.717, 1.165) is 0 Å². The molecule has 2 rings (SSSR count). The van der Waals surface area contributed by atoms with E-state index in [-0.39, 0.29) is 17.9 Å². The summed E-state index contributed by atoms with van der Waals surface area (Å²) < 4.78 is 2.91. The standard InChI is InChI=1S/C11H14BrCl3N2O3S/c1-10(2-3-12)6(9(19)20-4-11(13,14)15)17-7(18)5(16)8(17)21-10/h5-6,8H,2-4,16H2,1H3/t5?,6?,8-,10?/m0/s1. The maximum atomic E-state index is 12.4. The Morgan fingerprint density at radius 3 is 2.71 bits per heavy atom. The summed E-state index contributed by atoms with van der Waals surface area (Å²) >= 11 is 21.7. The number of nitrogens with two attached hydrogens (primary N) is 1. The number of β-lactam (4-membered cyclic amide) rings is 1. The molecule has 2 saturated heterocycles. The van der Waals surface area contributed by atoms with E-state index in [0.29, 0.717) is 11.8 Å². The highest BCUT2D eigenvalue weighted by molar-refractivity contribution is 9.09. The summed E-state index contributed by atoms with van der Waals surface area (Å²) in [6, 6.07) is -1.29. The highest BCUT2D eigenvalue weighted by atomic mass is 79.9. The smallest absolute Gasteiger partial charge is 0.330 e. The molecule has 0 aromatic heterocycles. The molecule has 2 heterocycles. The Morgan fingerprint density at radius 1 is 1.57 bits per heavy atom. The third-order valence-electron chi connectivity index (χ3n) is 3.56. The van der Waals surface area contributed by atoms with Crippen molar-refractivity contribution in [2.24, 2.45) is 5.73 Å². The van der Waals surface area contributed by atoms with E-state index in [9.17, 15) is 9.59 Å². The Morgan fingerprint density at radius 2 is 2.19 bits per heavy atom. The zero-order valence-corrected chi connectivity index (χ0v) is 15.7. The van der Waals surface area contributed by atoms with E-state index in [1.165, 1.54) is 16.7 Å². The van der Waals surface area contributed by atoms with Crippen molar-refractivity contribution in [1.82, 2.24) is 4.90 Å². The molecule has 2 fully saturated rings. The number of nitrogens with zero attached hydrogens (tertiary/aromatic N) is 1. The summed E-state index contributed by atoms with van der Waals surface area (Å²) in [6.07, 6.45) is 0.679. The monoisotopic (exact) mass is 438 g/mol. The lowest BCUT2D eigenvalue weighted by atomic mass is 9.93. The lowest BCUT2D eigenvalue weighted by Crippen LogP contribution is -2.69. The van der Waals surface area contributed by atoms with Crippen molar-refractivity contribution >= 4 is 74.4 Å². The topological polar surface area (TPSA) is 72.6 Å². The maximum absolute atomic E-state index is 12.4. The molecule has 10 heteroatoms. The first-order valence-corrected chi connectivity index (χ1v) is 9.29. The van der Waals surface area contributed by atoms with Crippen molar-refractivity contribution < 1.29 is 14.3 Å². The number of hydrogen-bond acceptors (Lipinski definition) is 5. The summed E-state index contributed by atoms with van der Waals surface area (Å²) in [7, 11) is 0. The van der Waals surface area contributed by atoms with Crippen LogP contribution in [0.4, 0.5) is 0 Å². The lowest BCUT2D eigenvalue weighted by Gasteiger charge is -2.42. The van der Waals surface area contributed by atoms with Gasteiger partial charge in [-0.2, -0.15) is 0 Å². The molecular weight excluding hydrogens is 426 g/mol. The molecule has 0 saturated carbocycles. The molecule has 0 bridgehead atoms. The third kappa shape index (κ3) is 3.43. The molecule has 5 nitrogen and oxygen atoms in total. The number of ether oxygens (including phenoxy) is 1. The van der Waals surface area contributed by atoms with Gasteiger partial charge in [0.1, 0.15) is 24.1 Å². The summed E-state index contributed by atoms with van der Waals surface area (Å²) in [6.45, 7) is 1.55. The SMILES string of the molecule is CC1(CCBr)S[C@H]2C(N)C(=O)N2C1C(=O)OCC(Cl)(Cl)Cl. The zero-order chi connectivity index (χ0) is 16.0. The van der Waals surface area contributed by atoms with Crippen molar-refractivity contribution in [2.45, 2.75) is 39.3 Å². The summed E-state index contributed by atoms with van der Waals surface area (Å²) in [5.74, 6) is -0.818. The second kappa shape index (κ2) is 6.24. The molecule has 0 aromatic rings. The fraction of sp³-hybridized carbons (Fsp3) is 0.818. The van der Waals surface area contributed by atoms with Crippen LogP contribution in [0.2, 0.25) is 0 Å². The molecule has 4 atom stereocenters. The molecule has 0 radical (unpaired) electrons. The lowest BCUT2D eigenvalue weighted by molar-refractivity contribution is -0.162. The van der Waals surface area contributed by atoms with Gasteiger partial charge in [0.15, 0.2) is 0 Å². The van der Waals surface area contributed by atoms with Crippen molar-refractivity contribution in [3.63, 3.8) is 0 Å². The van der Waals surface area contributed by atoms with E-state index in [2.05, 4.69) is 15.9 Å². The van der Waals surface area contributed by atoms with Crippen LogP contribution in [0.3, 0.4) is 0 Å². The van der Waals surface area contributed by atoms with Gasteiger partial charge in [-0.25, -0.2) is 4.79 Å². The Bertz CT molecular complexity index is 464. The predicted octanol–water partition coefficient (Wildman–Crippen LogP) is 2.05. The van der Waals surface area contributed by atoms with E-state index < -0.39 is 26.6 Å². The first kappa shape index (κ1) is 17.9. The van der Waals surface area contributed by atoms with Crippen LogP contribution in [0, 0.1) is 0 Å². The molecule has 2 aliphatic heterocycles. The van der Waals surface area contributed by atoms with Gasteiger partial charge in [-0.1, -0.05) is 50.7 Å². The molecule has 3 unspecified atom stereocenters. The molecule has 2 N–H and O–H groups in total. The molecular formula is C11H14BrCl3N2O3S. The number of carbonyl (C=O) groups is 2. The average molecular weight is 441 g/mol. The number of esters is 1. The second-order valence-electron chi connectivity index (χ2n) is 5.16. The molecule has 2 aliphatic rings. The maximum Gasteiger partial charge on any atom is 0.330 e. The summed E-state index contributed by atoms with van der Waals surface area (Å²) in [5, 5.41) is 0.487. The van der Waals surface area contributed by atoms with Gasteiger partial charge in [0.2, 0.25) is 9.70 Å². The average Bonchev–Trinajstić information content (AvgIpc) is 2.66. The fourth-order valence-electron chi connectivity index (χ4n) is 2.53. The number of thioether (sulfide) groups is 1. The Kier molecular flexibility index (Phi) is 5.34. The van der Waals surface area contributed by atoms with Gasteiger partial charge in [-0.3, -0.25) is 4.79 Å². The highest BCUT2D eigenvalue weighted by Gasteiger charge is 2.64. The van der Waals surface area contributed by atoms with Crippen LogP contribution in [0.5, 0.6) is 0 Å². The Balaban J connectivity index is 2.16. The van der Waals surface area contributed by atoms with Gasteiger partial charge < -0.3 is 15.4 Å². The molecule has 1 amide bonds. The van der Waals surface area contributed by atoms with Gasteiger partial charge in [-0.05, 0) is 13.3 Å². The number of hydrogen-bond donors (Lipinski definition) is 1. The normalized spacial score (nSPS) is 35.4. The highest BCUT2D eigenvalue weighted by Crippen LogP contribution is 2.52. The predicted molar refractivity (Wildman–Crippen MR) is 88.1 cm³/mol. The van der Waals surface area contributed by atoms with Crippen molar-refractivity contribution in [3.8, 4) is 0 Å². The minimum Gasteiger partial charge on any atom is -0.460 e. The molecule has 0 aromatic carbocycles. The summed E-state index contributed by atoms with van der Waals surface area (Å²) in [4.78, 5) is 25.8. The summed E-state index contributed by atoms with van der Waals surface area (Å²) in [5.41, 5.74) is 5.79. The van der Waals surface area contributed by atoms with Crippen molar-refractivity contribution in [2.75, 3.05) is 11.9 Å².